The van der Waals surface area contributed by atoms with Crippen LogP contribution in [0.2, 0.25) is 0 Å². The van der Waals surface area contributed by atoms with Gasteiger partial charge in [-0.15, -0.1) is 0 Å². The third-order valence-electron chi connectivity index (χ3n) is 3.81. The Morgan fingerprint density at radius 3 is 2.88 bits per heavy atom. The van der Waals surface area contributed by atoms with E-state index in [0.717, 1.165) is 6.20 Å². The molecule has 3 rings (SSSR count). The van der Waals surface area contributed by atoms with Crippen LogP contribution in [0.4, 0.5) is 11.6 Å². The standard InChI is InChI=1S/C13H16N6O5S/c1-9-4-11(18(16-9)10-2-3-25(23,24)7-10)15-13(20)6-17-5-12(14-8-17)19(21)22/h4-5,8,10H,2-3,6-7H2,1H3,(H,15,20). The quantitative estimate of drug-likeness (QED) is 0.590. The zero-order valence-corrected chi connectivity index (χ0v) is 14.1. The topological polar surface area (TPSA) is 142 Å². The van der Waals surface area contributed by atoms with E-state index in [1.165, 1.54) is 15.6 Å². The van der Waals surface area contributed by atoms with Crippen molar-refractivity contribution in [3.05, 3.63) is 34.4 Å². The number of amides is 1. The first kappa shape index (κ1) is 17.1. The first-order chi connectivity index (χ1) is 11.7. The summed E-state index contributed by atoms with van der Waals surface area (Å²) in [7, 11) is -3.08. The number of anilines is 1. The summed E-state index contributed by atoms with van der Waals surface area (Å²) in [6, 6.07) is 1.34. The van der Waals surface area contributed by atoms with Gasteiger partial charge in [-0.1, -0.05) is 0 Å². The first-order valence-corrected chi connectivity index (χ1v) is 9.28. The largest absolute Gasteiger partial charge is 0.381 e. The Hall–Kier alpha value is -2.76. The number of nitrogens with one attached hydrogen (secondary N) is 1. The second-order valence-electron chi connectivity index (χ2n) is 5.88. The first-order valence-electron chi connectivity index (χ1n) is 7.46. The fourth-order valence-corrected chi connectivity index (χ4v) is 4.43. The van der Waals surface area contributed by atoms with E-state index in [1.54, 1.807) is 13.0 Å². The zero-order valence-electron chi connectivity index (χ0n) is 13.3. The monoisotopic (exact) mass is 368 g/mol. The molecule has 25 heavy (non-hydrogen) atoms. The number of carbonyl (C=O) groups is 1. The number of carbonyl (C=O) groups excluding carboxylic acids is 1. The van der Waals surface area contributed by atoms with Crippen molar-refractivity contribution >= 4 is 27.4 Å². The molecule has 1 aliphatic rings. The van der Waals surface area contributed by atoms with Crippen molar-refractivity contribution in [3.8, 4) is 0 Å². The third kappa shape index (κ3) is 3.84. The van der Waals surface area contributed by atoms with E-state index >= 15 is 0 Å². The molecule has 1 atom stereocenters. The van der Waals surface area contributed by atoms with Gasteiger partial charge in [-0.25, -0.2) is 13.1 Å². The molecule has 11 nitrogen and oxygen atoms in total. The molecule has 1 fully saturated rings. The van der Waals surface area contributed by atoms with Gasteiger partial charge in [0.2, 0.25) is 12.2 Å². The lowest BCUT2D eigenvalue weighted by atomic mass is 10.3. The van der Waals surface area contributed by atoms with Gasteiger partial charge in [-0.2, -0.15) is 5.10 Å². The molecule has 0 radical (unpaired) electrons. The SMILES string of the molecule is Cc1cc(NC(=O)Cn2cnc([N+](=O)[O-])c2)n(C2CCS(=O)(=O)C2)n1. The molecule has 12 heteroatoms. The van der Waals surface area contributed by atoms with Gasteiger partial charge in [-0.3, -0.25) is 4.79 Å². The molecule has 2 aromatic rings. The van der Waals surface area contributed by atoms with Gasteiger partial charge in [0, 0.05) is 6.07 Å². The lowest BCUT2D eigenvalue weighted by molar-refractivity contribution is -0.389. The van der Waals surface area contributed by atoms with E-state index in [1.807, 2.05) is 0 Å². The fraction of sp³-hybridized carbons (Fsp3) is 0.462. The van der Waals surface area contributed by atoms with Crippen molar-refractivity contribution < 1.29 is 18.1 Å². The fourth-order valence-electron chi connectivity index (χ4n) is 2.73. The van der Waals surface area contributed by atoms with Crippen LogP contribution in [0.25, 0.3) is 0 Å². The Morgan fingerprint density at radius 2 is 2.28 bits per heavy atom. The van der Waals surface area contributed by atoms with Crippen LogP contribution in [-0.2, 0) is 21.2 Å². The molecule has 1 N–H and O–H groups in total. The van der Waals surface area contributed by atoms with E-state index in [0.29, 0.717) is 17.9 Å². The summed E-state index contributed by atoms with van der Waals surface area (Å²) in [4.78, 5) is 25.7. The normalized spacial score (nSPS) is 19.0. The Bertz CT molecular complexity index is 931. The van der Waals surface area contributed by atoms with E-state index in [4.69, 9.17) is 0 Å². The Labute approximate surface area is 142 Å². The minimum Gasteiger partial charge on any atom is -0.358 e. The van der Waals surface area contributed by atoms with Gasteiger partial charge in [0.1, 0.15) is 18.6 Å². The van der Waals surface area contributed by atoms with Crippen LogP contribution in [0.5, 0.6) is 0 Å². The van der Waals surface area contributed by atoms with E-state index in [-0.39, 0.29) is 29.9 Å². The van der Waals surface area contributed by atoms with Crippen molar-refractivity contribution in [2.45, 2.75) is 25.9 Å². The predicted octanol–water partition coefficient (Wildman–Crippen LogP) is 0.295. The Balaban J connectivity index is 1.72. The number of aryl methyl sites for hydroxylation is 1. The van der Waals surface area contributed by atoms with Crippen LogP contribution >= 0.6 is 0 Å². The minimum absolute atomic E-state index is 0.00922. The number of hydrogen-bond acceptors (Lipinski definition) is 7. The third-order valence-corrected chi connectivity index (χ3v) is 5.56. The molecule has 3 heterocycles. The van der Waals surface area contributed by atoms with Crippen molar-refractivity contribution in [2.75, 3.05) is 16.8 Å². The molecule has 2 aromatic heterocycles. The van der Waals surface area contributed by atoms with Crippen molar-refractivity contribution in [1.29, 1.82) is 0 Å². The van der Waals surface area contributed by atoms with Gasteiger partial charge in [0.25, 0.3) is 0 Å². The highest BCUT2D eigenvalue weighted by molar-refractivity contribution is 7.91. The number of aromatic nitrogens is 4. The average molecular weight is 368 g/mol. The van der Waals surface area contributed by atoms with Crippen LogP contribution in [0.1, 0.15) is 18.2 Å². The van der Waals surface area contributed by atoms with Crippen molar-refractivity contribution in [2.24, 2.45) is 0 Å². The summed E-state index contributed by atoms with van der Waals surface area (Å²) in [6.45, 7) is 1.59. The highest BCUT2D eigenvalue weighted by Gasteiger charge is 2.31. The number of imidazole rings is 1. The molecule has 0 spiro atoms. The van der Waals surface area contributed by atoms with Crippen LogP contribution in [-0.4, -0.2) is 50.1 Å². The summed E-state index contributed by atoms with van der Waals surface area (Å²) in [5.74, 6) is -0.272. The number of rotatable bonds is 5. The van der Waals surface area contributed by atoms with E-state index in [9.17, 15) is 23.3 Å². The van der Waals surface area contributed by atoms with Crippen LogP contribution < -0.4 is 5.32 Å². The molecule has 0 saturated carbocycles. The molecule has 1 saturated heterocycles. The smallest absolute Gasteiger partial charge is 0.358 e. The molecular formula is C13H16N6O5S. The van der Waals surface area contributed by atoms with Crippen molar-refractivity contribution in [3.63, 3.8) is 0 Å². The molecule has 0 aliphatic carbocycles. The van der Waals surface area contributed by atoms with Gasteiger partial charge in [0.15, 0.2) is 9.84 Å². The maximum atomic E-state index is 12.2. The summed E-state index contributed by atoms with van der Waals surface area (Å²) < 4.78 is 26.1. The highest BCUT2D eigenvalue weighted by Crippen LogP contribution is 2.27. The summed E-state index contributed by atoms with van der Waals surface area (Å²) >= 11 is 0. The van der Waals surface area contributed by atoms with Gasteiger partial charge in [-0.05, 0) is 23.3 Å². The minimum atomic E-state index is -3.08. The lowest BCUT2D eigenvalue weighted by Crippen LogP contribution is -2.22. The van der Waals surface area contributed by atoms with E-state index in [2.05, 4.69) is 15.4 Å². The van der Waals surface area contributed by atoms with Crippen molar-refractivity contribution in [1.82, 2.24) is 19.3 Å². The number of hydrogen-bond donors (Lipinski definition) is 1. The van der Waals surface area contributed by atoms with Gasteiger partial charge < -0.3 is 20.0 Å². The van der Waals surface area contributed by atoms with E-state index < -0.39 is 20.7 Å². The molecule has 1 amide bonds. The maximum absolute atomic E-state index is 12.2. The molecular weight excluding hydrogens is 352 g/mol. The second-order valence-corrected chi connectivity index (χ2v) is 8.11. The maximum Gasteiger partial charge on any atom is 0.381 e. The van der Waals surface area contributed by atoms with Gasteiger partial charge in [0.05, 0.1) is 23.2 Å². The molecule has 1 aliphatic heterocycles. The second kappa shape index (κ2) is 6.27. The lowest BCUT2D eigenvalue weighted by Gasteiger charge is -2.13. The summed E-state index contributed by atoms with van der Waals surface area (Å²) in [5, 5.41) is 17.6. The Morgan fingerprint density at radius 1 is 1.52 bits per heavy atom. The Kier molecular flexibility index (Phi) is 4.29. The molecule has 0 bridgehead atoms. The number of nitrogens with zero attached hydrogens (tertiary/aromatic N) is 5. The summed E-state index contributed by atoms with van der Waals surface area (Å²) in [6.07, 6.45) is 2.80. The molecule has 134 valence electrons. The number of sulfone groups is 1. The van der Waals surface area contributed by atoms with Crippen LogP contribution in [0.15, 0.2) is 18.6 Å². The zero-order chi connectivity index (χ0) is 18.2. The van der Waals surface area contributed by atoms with Crippen LogP contribution in [0, 0.1) is 17.0 Å². The number of nitro groups is 1. The average Bonchev–Trinajstić information content (AvgIpc) is 3.18. The van der Waals surface area contributed by atoms with Gasteiger partial charge >= 0.3 is 5.82 Å². The molecule has 1 unspecified atom stereocenters. The predicted molar refractivity (Wildman–Crippen MR) is 86.8 cm³/mol. The summed E-state index contributed by atoms with van der Waals surface area (Å²) in [5.41, 5.74) is 0.651. The highest BCUT2D eigenvalue weighted by atomic mass is 32.2. The molecule has 0 aromatic carbocycles. The van der Waals surface area contributed by atoms with Crippen LogP contribution in [0.3, 0.4) is 0 Å².